The Hall–Kier alpha value is -2.65. The molecule has 0 fully saturated rings. The maximum Gasteiger partial charge on any atom is 0.433 e. The minimum Gasteiger partial charge on any atom is -0.255 e. The molecule has 3 rings (SSSR count). The largest absolute Gasteiger partial charge is 0.433 e. The minimum absolute atomic E-state index is 0.108. The molecule has 0 aliphatic carbocycles. The maximum absolute atomic E-state index is 13.4. The van der Waals surface area contributed by atoms with Crippen LogP contribution in [0.5, 0.6) is 0 Å². The second kappa shape index (κ2) is 6.82. The Balaban J connectivity index is 1.97. The first-order valence-electron chi connectivity index (χ1n) is 7.88. The van der Waals surface area contributed by atoms with Crippen molar-refractivity contribution in [2.24, 2.45) is 5.14 Å². The summed E-state index contributed by atoms with van der Waals surface area (Å²) in [5.74, 6) is 0. The fourth-order valence-electron chi connectivity index (χ4n) is 2.59. The van der Waals surface area contributed by atoms with Gasteiger partial charge in [-0.1, -0.05) is 42.0 Å². The SMILES string of the molecule is Cc1ccc(-c2cc(C(F)(F)F)n(Cc3ccc(S(N)(=O)=O)cc3)n2)cc1. The van der Waals surface area contributed by atoms with E-state index in [4.69, 9.17) is 5.14 Å². The molecule has 1 heterocycles. The van der Waals surface area contributed by atoms with E-state index in [1.54, 1.807) is 24.3 Å². The van der Waals surface area contributed by atoms with Crippen molar-refractivity contribution >= 4 is 10.0 Å². The Morgan fingerprint density at radius 1 is 1.04 bits per heavy atom. The van der Waals surface area contributed by atoms with Gasteiger partial charge in [-0.05, 0) is 30.7 Å². The third-order valence-corrected chi connectivity index (χ3v) is 4.93. The normalized spacial score (nSPS) is 12.3. The predicted octanol–water partition coefficient (Wildman–Crippen LogP) is 3.57. The van der Waals surface area contributed by atoms with Crippen LogP contribution >= 0.6 is 0 Å². The molecule has 5 nitrogen and oxygen atoms in total. The molecule has 2 aromatic carbocycles. The van der Waals surface area contributed by atoms with Gasteiger partial charge in [0.15, 0.2) is 0 Å². The summed E-state index contributed by atoms with van der Waals surface area (Å²) in [6, 6.07) is 13.3. The monoisotopic (exact) mass is 395 g/mol. The zero-order valence-electron chi connectivity index (χ0n) is 14.2. The molecular formula is C18H16F3N3O2S. The van der Waals surface area contributed by atoms with Gasteiger partial charge in [-0.15, -0.1) is 0 Å². The Morgan fingerprint density at radius 2 is 1.63 bits per heavy atom. The number of sulfonamides is 1. The fourth-order valence-corrected chi connectivity index (χ4v) is 3.10. The molecule has 2 N–H and O–H groups in total. The molecule has 142 valence electrons. The van der Waals surface area contributed by atoms with Gasteiger partial charge in [0.2, 0.25) is 10.0 Å². The molecule has 0 aliphatic rings. The van der Waals surface area contributed by atoms with Gasteiger partial charge < -0.3 is 0 Å². The van der Waals surface area contributed by atoms with Crippen molar-refractivity contribution in [3.63, 3.8) is 0 Å². The van der Waals surface area contributed by atoms with Crippen LogP contribution in [0.4, 0.5) is 13.2 Å². The lowest BCUT2D eigenvalue weighted by atomic mass is 10.1. The van der Waals surface area contributed by atoms with E-state index in [1.807, 2.05) is 6.92 Å². The summed E-state index contributed by atoms with van der Waals surface area (Å²) in [5.41, 5.74) is 1.36. The maximum atomic E-state index is 13.4. The number of aromatic nitrogens is 2. The number of nitrogens with zero attached hydrogens (tertiary/aromatic N) is 2. The van der Waals surface area contributed by atoms with Gasteiger partial charge in [-0.3, -0.25) is 4.68 Å². The molecule has 0 amide bonds. The molecule has 27 heavy (non-hydrogen) atoms. The Kier molecular flexibility index (Phi) is 4.83. The van der Waals surface area contributed by atoms with Crippen molar-refractivity contribution in [3.05, 3.63) is 71.4 Å². The van der Waals surface area contributed by atoms with Crippen molar-refractivity contribution in [3.8, 4) is 11.3 Å². The molecule has 0 saturated carbocycles. The topological polar surface area (TPSA) is 78.0 Å². The summed E-state index contributed by atoms with van der Waals surface area (Å²) in [7, 11) is -3.86. The van der Waals surface area contributed by atoms with Crippen LogP contribution in [-0.2, 0) is 22.7 Å². The van der Waals surface area contributed by atoms with Gasteiger partial charge in [0.1, 0.15) is 5.69 Å². The number of aryl methyl sites for hydroxylation is 1. The van der Waals surface area contributed by atoms with E-state index in [2.05, 4.69) is 5.10 Å². The minimum atomic E-state index is -4.57. The van der Waals surface area contributed by atoms with Crippen molar-refractivity contribution < 1.29 is 21.6 Å². The highest BCUT2D eigenvalue weighted by molar-refractivity contribution is 7.89. The van der Waals surface area contributed by atoms with Crippen molar-refractivity contribution in [1.29, 1.82) is 0 Å². The van der Waals surface area contributed by atoms with E-state index in [0.29, 0.717) is 11.1 Å². The van der Waals surface area contributed by atoms with Gasteiger partial charge in [0.05, 0.1) is 17.1 Å². The van der Waals surface area contributed by atoms with Crippen LogP contribution in [0, 0.1) is 6.92 Å². The van der Waals surface area contributed by atoms with Crippen LogP contribution in [0.1, 0.15) is 16.8 Å². The first-order valence-corrected chi connectivity index (χ1v) is 9.42. The average molecular weight is 395 g/mol. The first-order chi connectivity index (χ1) is 12.5. The van der Waals surface area contributed by atoms with E-state index >= 15 is 0 Å². The Bertz CT molecular complexity index is 1050. The quantitative estimate of drug-likeness (QED) is 0.734. The molecule has 0 atom stereocenters. The predicted molar refractivity (Wildman–Crippen MR) is 94.3 cm³/mol. The lowest BCUT2D eigenvalue weighted by Gasteiger charge is -2.10. The summed E-state index contributed by atoms with van der Waals surface area (Å²) in [4.78, 5) is -0.108. The molecule has 1 aromatic heterocycles. The average Bonchev–Trinajstić information content (AvgIpc) is 2.99. The fraction of sp³-hybridized carbons (Fsp3) is 0.167. The molecule has 9 heteroatoms. The standard InChI is InChI=1S/C18H16F3N3O2S/c1-12-2-6-14(7-3-12)16-10-17(18(19,20)21)24(23-16)11-13-4-8-15(9-5-13)27(22,25)26/h2-10H,11H2,1H3,(H2,22,25,26). The third kappa shape index (κ3) is 4.37. The van der Waals surface area contributed by atoms with E-state index < -0.39 is 21.9 Å². The van der Waals surface area contributed by atoms with Gasteiger partial charge in [-0.2, -0.15) is 18.3 Å². The van der Waals surface area contributed by atoms with Crippen LogP contribution in [0.3, 0.4) is 0 Å². The molecule has 0 aliphatic heterocycles. The lowest BCUT2D eigenvalue weighted by Crippen LogP contribution is -2.15. The van der Waals surface area contributed by atoms with Gasteiger partial charge in [-0.25, -0.2) is 13.6 Å². The Morgan fingerprint density at radius 3 is 2.15 bits per heavy atom. The first kappa shape index (κ1) is 19.1. The van der Waals surface area contributed by atoms with Crippen molar-refractivity contribution in [2.75, 3.05) is 0 Å². The number of nitrogens with two attached hydrogens (primary N) is 1. The molecule has 0 saturated heterocycles. The van der Waals surface area contributed by atoms with Crippen molar-refractivity contribution in [2.45, 2.75) is 24.5 Å². The zero-order valence-corrected chi connectivity index (χ0v) is 15.1. The summed E-state index contributed by atoms with van der Waals surface area (Å²) in [6.45, 7) is 1.72. The van der Waals surface area contributed by atoms with E-state index in [1.165, 1.54) is 24.3 Å². The number of hydrogen-bond acceptors (Lipinski definition) is 3. The number of benzene rings is 2. The summed E-state index contributed by atoms with van der Waals surface area (Å²) in [6.07, 6.45) is -4.57. The lowest BCUT2D eigenvalue weighted by molar-refractivity contribution is -0.144. The van der Waals surface area contributed by atoms with E-state index in [-0.39, 0.29) is 17.1 Å². The molecule has 0 unspecified atom stereocenters. The van der Waals surface area contributed by atoms with Crippen LogP contribution in [0.25, 0.3) is 11.3 Å². The highest BCUT2D eigenvalue weighted by Gasteiger charge is 2.36. The number of halogens is 3. The van der Waals surface area contributed by atoms with Crippen LogP contribution in [0.15, 0.2) is 59.5 Å². The highest BCUT2D eigenvalue weighted by Crippen LogP contribution is 2.33. The second-order valence-corrected chi connectivity index (χ2v) is 7.69. The smallest absolute Gasteiger partial charge is 0.255 e. The zero-order chi connectivity index (χ0) is 19.8. The van der Waals surface area contributed by atoms with Crippen LogP contribution in [0.2, 0.25) is 0 Å². The van der Waals surface area contributed by atoms with Gasteiger partial charge in [0.25, 0.3) is 0 Å². The number of alkyl halides is 3. The molecule has 0 spiro atoms. The van der Waals surface area contributed by atoms with Gasteiger partial charge in [0, 0.05) is 5.56 Å². The highest BCUT2D eigenvalue weighted by atomic mass is 32.2. The molecule has 0 bridgehead atoms. The number of primary sulfonamides is 1. The van der Waals surface area contributed by atoms with Gasteiger partial charge >= 0.3 is 6.18 Å². The summed E-state index contributed by atoms with van der Waals surface area (Å²) in [5, 5.41) is 9.12. The summed E-state index contributed by atoms with van der Waals surface area (Å²) < 4.78 is 63.7. The third-order valence-electron chi connectivity index (χ3n) is 4.00. The number of hydrogen-bond donors (Lipinski definition) is 1. The molecular weight excluding hydrogens is 379 g/mol. The van der Waals surface area contributed by atoms with E-state index in [0.717, 1.165) is 16.3 Å². The second-order valence-electron chi connectivity index (χ2n) is 6.13. The van der Waals surface area contributed by atoms with Crippen molar-refractivity contribution in [1.82, 2.24) is 9.78 Å². The number of rotatable bonds is 4. The molecule has 0 radical (unpaired) electrons. The van der Waals surface area contributed by atoms with Crippen LogP contribution in [-0.4, -0.2) is 18.2 Å². The summed E-state index contributed by atoms with van der Waals surface area (Å²) >= 11 is 0. The molecule has 3 aromatic rings. The van der Waals surface area contributed by atoms with E-state index in [9.17, 15) is 21.6 Å². The van der Waals surface area contributed by atoms with Crippen LogP contribution < -0.4 is 5.14 Å². The Labute approximate surface area is 154 Å².